The number of hydrogen-bond acceptors (Lipinski definition) is 5. The number of nitrogens with zero attached hydrogens (tertiary/aromatic N) is 4. The molecule has 0 spiro atoms. The molecule has 1 fully saturated rings. The Kier molecular flexibility index (Phi) is 5.35. The van der Waals surface area contributed by atoms with Gasteiger partial charge in [0.05, 0.1) is 22.5 Å². The molecule has 2 aromatic rings. The molecule has 0 saturated carbocycles. The number of sulfone groups is 1. The number of fused-ring (bicyclic) bond motifs is 1. The highest BCUT2D eigenvalue weighted by molar-refractivity contribution is 7.91. The summed E-state index contributed by atoms with van der Waals surface area (Å²) >= 11 is 6.00. The Morgan fingerprint density at radius 2 is 1.83 bits per heavy atom. The maximum Gasteiger partial charge on any atom is 0.324 e. The second kappa shape index (κ2) is 7.79. The number of piperazine rings is 1. The van der Waals surface area contributed by atoms with Gasteiger partial charge in [0.1, 0.15) is 11.6 Å². The standard InChI is InChI=1S/C19H20ClFN4O3S/c20-14-2-4-16-17(12-14)29(27,28)11-1-6-25(16)19(26)24-9-7-23(8-10-24)18-5-3-15(21)13-22-18/h2-5,12-13H,1,6-11H2. The number of benzene rings is 1. The highest BCUT2D eigenvalue weighted by Gasteiger charge is 2.32. The smallest absolute Gasteiger partial charge is 0.324 e. The van der Waals surface area contributed by atoms with Crippen LogP contribution < -0.4 is 9.80 Å². The van der Waals surface area contributed by atoms with Crippen molar-refractivity contribution in [1.29, 1.82) is 0 Å². The van der Waals surface area contributed by atoms with E-state index in [1.807, 2.05) is 4.90 Å². The number of rotatable bonds is 1. The van der Waals surface area contributed by atoms with E-state index in [4.69, 9.17) is 11.6 Å². The molecule has 1 aromatic heterocycles. The summed E-state index contributed by atoms with van der Waals surface area (Å²) in [5.41, 5.74) is 0.375. The maximum atomic E-state index is 13.2. The first-order chi connectivity index (χ1) is 13.8. The van der Waals surface area contributed by atoms with Gasteiger partial charge in [-0.25, -0.2) is 22.6 Å². The molecule has 2 aliphatic rings. The summed E-state index contributed by atoms with van der Waals surface area (Å²) in [6, 6.07) is 7.36. The molecule has 7 nitrogen and oxygen atoms in total. The maximum absolute atomic E-state index is 13.2. The zero-order chi connectivity index (χ0) is 20.6. The van der Waals surface area contributed by atoms with Gasteiger partial charge in [0.25, 0.3) is 0 Å². The Labute approximate surface area is 173 Å². The van der Waals surface area contributed by atoms with Gasteiger partial charge in [-0.15, -0.1) is 0 Å². The highest BCUT2D eigenvalue weighted by atomic mass is 35.5. The summed E-state index contributed by atoms with van der Waals surface area (Å²) in [5, 5.41) is 0.321. The van der Waals surface area contributed by atoms with Gasteiger partial charge >= 0.3 is 6.03 Å². The molecule has 2 amide bonds. The van der Waals surface area contributed by atoms with Crippen LogP contribution in [0.15, 0.2) is 41.4 Å². The lowest BCUT2D eigenvalue weighted by Gasteiger charge is -2.38. The minimum atomic E-state index is -3.49. The van der Waals surface area contributed by atoms with Crippen LogP contribution in [0.2, 0.25) is 5.02 Å². The van der Waals surface area contributed by atoms with Gasteiger partial charge in [-0.05, 0) is 36.8 Å². The van der Waals surface area contributed by atoms with Crippen LogP contribution in [-0.4, -0.2) is 62.8 Å². The van der Waals surface area contributed by atoms with Crippen LogP contribution in [0.1, 0.15) is 6.42 Å². The predicted octanol–water partition coefficient (Wildman–Crippen LogP) is 2.80. The van der Waals surface area contributed by atoms with E-state index >= 15 is 0 Å². The van der Waals surface area contributed by atoms with Crippen LogP contribution in [0.5, 0.6) is 0 Å². The van der Waals surface area contributed by atoms with Crippen LogP contribution in [0, 0.1) is 5.82 Å². The Hall–Kier alpha value is -2.39. The first-order valence-electron chi connectivity index (χ1n) is 9.30. The number of urea groups is 1. The van der Waals surface area contributed by atoms with E-state index in [0.29, 0.717) is 55.7 Å². The van der Waals surface area contributed by atoms with Crippen LogP contribution in [0.4, 0.5) is 20.7 Å². The fourth-order valence-electron chi connectivity index (χ4n) is 3.65. The van der Waals surface area contributed by atoms with E-state index in [1.54, 1.807) is 23.1 Å². The number of carbonyl (C=O) groups excluding carboxylic acids is 1. The van der Waals surface area contributed by atoms with Crippen LogP contribution in [0.25, 0.3) is 0 Å². The monoisotopic (exact) mass is 438 g/mol. The van der Waals surface area contributed by atoms with Crippen LogP contribution in [-0.2, 0) is 9.84 Å². The average molecular weight is 439 g/mol. The van der Waals surface area contributed by atoms with Crippen molar-refractivity contribution in [3.63, 3.8) is 0 Å². The second-order valence-corrected chi connectivity index (χ2v) is 9.54. The summed E-state index contributed by atoms with van der Waals surface area (Å²) in [4.78, 5) is 22.6. The van der Waals surface area contributed by atoms with Gasteiger partial charge in [-0.3, -0.25) is 4.90 Å². The number of halogens is 2. The third-order valence-corrected chi connectivity index (χ3v) is 7.22. The van der Waals surface area contributed by atoms with Gasteiger partial charge in [-0.2, -0.15) is 0 Å². The number of hydrogen-bond donors (Lipinski definition) is 0. The molecule has 2 aliphatic heterocycles. The van der Waals surface area contributed by atoms with Gasteiger partial charge < -0.3 is 9.80 Å². The van der Waals surface area contributed by atoms with Crippen molar-refractivity contribution in [3.8, 4) is 0 Å². The van der Waals surface area contributed by atoms with E-state index in [1.165, 1.54) is 23.2 Å². The Balaban J connectivity index is 1.52. The topological polar surface area (TPSA) is 73.8 Å². The van der Waals surface area contributed by atoms with E-state index in [0.717, 1.165) is 0 Å². The molecule has 0 unspecified atom stereocenters. The molecule has 10 heteroatoms. The van der Waals surface area contributed by atoms with Gasteiger partial charge in [0.2, 0.25) is 0 Å². The molecular formula is C19H20ClFN4O3S. The normalized spacial score (nSPS) is 18.9. The van der Waals surface area contributed by atoms with Crippen molar-refractivity contribution in [1.82, 2.24) is 9.88 Å². The number of carbonyl (C=O) groups is 1. The summed E-state index contributed by atoms with van der Waals surface area (Å²) in [6.45, 7) is 2.37. The van der Waals surface area contributed by atoms with E-state index in [2.05, 4.69) is 4.98 Å². The quantitative estimate of drug-likeness (QED) is 0.684. The Bertz CT molecular complexity index is 1020. The van der Waals surface area contributed by atoms with Crippen molar-refractivity contribution in [3.05, 3.63) is 47.4 Å². The zero-order valence-corrected chi connectivity index (χ0v) is 17.2. The van der Waals surface area contributed by atoms with Crippen LogP contribution in [0.3, 0.4) is 0 Å². The minimum absolute atomic E-state index is 0.0197. The molecular weight excluding hydrogens is 419 g/mol. The molecule has 3 heterocycles. The largest absolute Gasteiger partial charge is 0.353 e. The summed E-state index contributed by atoms with van der Waals surface area (Å²) < 4.78 is 38.2. The summed E-state index contributed by atoms with van der Waals surface area (Å²) in [7, 11) is -3.49. The first kappa shape index (κ1) is 19.9. The van der Waals surface area contributed by atoms with E-state index < -0.39 is 15.7 Å². The molecule has 4 rings (SSSR count). The predicted molar refractivity (Wildman–Crippen MR) is 109 cm³/mol. The Morgan fingerprint density at radius 1 is 1.07 bits per heavy atom. The third kappa shape index (κ3) is 4.02. The highest BCUT2D eigenvalue weighted by Crippen LogP contribution is 2.33. The lowest BCUT2D eigenvalue weighted by Crippen LogP contribution is -2.53. The fourth-order valence-corrected chi connectivity index (χ4v) is 5.42. The summed E-state index contributed by atoms with van der Waals surface area (Å²) in [5.74, 6) is 0.255. The van der Waals surface area contributed by atoms with Crippen LogP contribution >= 0.6 is 11.6 Å². The van der Waals surface area contributed by atoms with Crippen molar-refractivity contribution in [2.75, 3.05) is 48.3 Å². The molecule has 1 saturated heterocycles. The molecule has 154 valence electrons. The molecule has 0 radical (unpaired) electrons. The third-order valence-electron chi connectivity index (χ3n) is 5.16. The minimum Gasteiger partial charge on any atom is -0.353 e. The SMILES string of the molecule is O=C(N1CCN(c2ccc(F)cn2)CC1)N1CCCS(=O)(=O)c2cc(Cl)ccc21. The van der Waals surface area contributed by atoms with Crippen molar-refractivity contribution in [2.24, 2.45) is 0 Å². The van der Waals surface area contributed by atoms with Crippen molar-refractivity contribution >= 4 is 39.0 Å². The Morgan fingerprint density at radius 3 is 2.52 bits per heavy atom. The lowest BCUT2D eigenvalue weighted by molar-refractivity contribution is 0.201. The number of aromatic nitrogens is 1. The van der Waals surface area contributed by atoms with Gasteiger partial charge in [-0.1, -0.05) is 11.6 Å². The van der Waals surface area contributed by atoms with Gasteiger partial charge in [0.15, 0.2) is 9.84 Å². The molecule has 29 heavy (non-hydrogen) atoms. The first-order valence-corrected chi connectivity index (χ1v) is 11.3. The molecule has 0 atom stereocenters. The van der Waals surface area contributed by atoms with E-state index in [-0.39, 0.29) is 16.7 Å². The van der Waals surface area contributed by atoms with Crippen molar-refractivity contribution < 1.29 is 17.6 Å². The average Bonchev–Trinajstić information content (AvgIpc) is 2.84. The van der Waals surface area contributed by atoms with Crippen molar-refractivity contribution in [2.45, 2.75) is 11.3 Å². The lowest BCUT2D eigenvalue weighted by atomic mass is 10.2. The zero-order valence-electron chi connectivity index (χ0n) is 15.6. The molecule has 0 N–H and O–H groups in total. The van der Waals surface area contributed by atoms with Gasteiger partial charge in [0, 0.05) is 37.7 Å². The van der Waals surface area contributed by atoms with E-state index in [9.17, 15) is 17.6 Å². The number of pyridine rings is 1. The second-order valence-electron chi connectivity index (χ2n) is 7.03. The number of anilines is 2. The summed E-state index contributed by atoms with van der Waals surface area (Å²) in [6.07, 6.45) is 1.53. The molecule has 0 bridgehead atoms. The fraction of sp³-hybridized carbons (Fsp3) is 0.368. The molecule has 1 aromatic carbocycles. The molecule has 0 aliphatic carbocycles. The number of amides is 2.